The molecule has 0 N–H and O–H groups in total. The first-order valence-electron chi connectivity index (χ1n) is 8.82. The summed E-state index contributed by atoms with van der Waals surface area (Å²) in [7, 11) is -1.88. The molecule has 0 unspecified atom stereocenters. The summed E-state index contributed by atoms with van der Waals surface area (Å²) in [6, 6.07) is 7.88. The van der Waals surface area contributed by atoms with Crippen LogP contribution in [0.4, 0.5) is 0 Å². The van der Waals surface area contributed by atoms with E-state index in [1.165, 1.54) is 0 Å². The van der Waals surface area contributed by atoms with Crippen LogP contribution in [0.1, 0.15) is 58.6 Å². The molecule has 0 aliphatic carbocycles. The summed E-state index contributed by atoms with van der Waals surface area (Å²) in [5, 5.41) is 11.2. The summed E-state index contributed by atoms with van der Waals surface area (Å²) in [5.74, 6) is 3.03. The summed E-state index contributed by atoms with van der Waals surface area (Å²) in [5.41, 5.74) is 7.29. The first-order chi connectivity index (χ1) is 11.1. The quantitative estimate of drug-likeness (QED) is 0.292. The van der Waals surface area contributed by atoms with Crippen LogP contribution in [0.5, 0.6) is 0 Å². The second kappa shape index (κ2) is 8.48. The molecule has 0 spiro atoms. The molecule has 0 bridgehead atoms. The minimum absolute atomic E-state index is 0.128. The van der Waals surface area contributed by atoms with Gasteiger partial charge in [-0.2, -0.15) is 0 Å². The molecular formula is C20H31NO2Si. The van der Waals surface area contributed by atoms with Crippen molar-refractivity contribution in [1.29, 1.82) is 0 Å². The number of hydrogen-bond acceptors (Lipinski definition) is 2. The van der Waals surface area contributed by atoms with Crippen molar-refractivity contribution < 1.29 is 4.92 Å². The van der Waals surface area contributed by atoms with Gasteiger partial charge in [-0.1, -0.05) is 71.7 Å². The van der Waals surface area contributed by atoms with Crippen LogP contribution in [-0.4, -0.2) is 19.5 Å². The number of benzene rings is 1. The van der Waals surface area contributed by atoms with E-state index >= 15 is 0 Å². The highest BCUT2D eigenvalue weighted by molar-refractivity contribution is 6.90. The van der Waals surface area contributed by atoms with E-state index < -0.39 is 8.07 Å². The maximum Gasteiger partial charge on any atom is 0.221 e. The van der Waals surface area contributed by atoms with Crippen molar-refractivity contribution in [3.63, 3.8) is 0 Å². The van der Waals surface area contributed by atoms with Crippen LogP contribution in [0.3, 0.4) is 0 Å². The third kappa shape index (κ3) is 4.48. The average molecular weight is 346 g/mol. The van der Waals surface area contributed by atoms with Gasteiger partial charge >= 0.3 is 0 Å². The number of hydrogen-bond donors (Lipinski definition) is 0. The monoisotopic (exact) mass is 345 g/mol. The van der Waals surface area contributed by atoms with Gasteiger partial charge in [0.15, 0.2) is 0 Å². The molecule has 4 heteroatoms. The SMILES string of the molecule is Cc1ccccc1[C@H](C#C[Si](C(C)C)(C(C)C)C(C)C)C[N+](=O)[O-]. The molecule has 1 aromatic rings. The molecule has 0 fully saturated rings. The Kier molecular flexibility index (Phi) is 7.22. The Morgan fingerprint density at radius 3 is 1.96 bits per heavy atom. The average Bonchev–Trinajstić information content (AvgIpc) is 2.45. The fraction of sp³-hybridized carbons (Fsp3) is 0.600. The zero-order chi connectivity index (χ0) is 18.5. The number of aryl methyl sites for hydroxylation is 1. The van der Waals surface area contributed by atoms with Crippen LogP contribution in [-0.2, 0) is 0 Å². The van der Waals surface area contributed by atoms with E-state index in [4.69, 9.17) is 0 Å². The molecule has 0 aliphatic rings. The van der Waals surface area contributed by atoms with E-state index in [0.29, 0.717) is 16.6 Å². The number of rotatable bonds is 6. The largest absolute Gasteiger partial charge is 0.264 e. The Morgan fingerprint density at radius 2 is 1.54 bits per heavy atom. The van der Waals surface area contributed by atoms with Crippen molar-refractivity contribution >= 4 is 8.07 Å². The first kappa shape index (κ1) is 20.4. The van der Waals surface area contributed by atoms with Crippen molar-refractivity contribution in [3.05, 3.63) is 45.5 Å². The molecule has 0 aliphatic heterocycles. The molecule has 1 aromatic carbocycles. The van der Waals surface area contributed by atoms with Crippen molar-refractivity contribution in [2.24, 2.45) is 0 Å². The lowest BCUT2D eigenvalue weighted by Gasteiger charge is -2.38. The maximum atomic E-state index is 11.2. The van der Waals surface area contributed by atoms with Crippen molar-refractivity contribution in [2.75, 3.05) is 6.54 Å². The smallest absolute Gasteiger partial charge is 0.221 e. The minimum Gasteiger partial charge on any atom is -0.264 e. The van der Waals surface area contributed by atoms with E-state index in [9.17, 15) is 10.1 Å². The zero-order valence-electron chi connectivity index (χ0n) is 16.1. The number of nitro groups is 1. The number of nitrogens with zero attached hydrogens (tertiary/aromatic N) is 1. The molecule has 1 rings (SSSR count). The first-order valence-corrected chi connectivity index (χ1v) is 11.1. The molecule has 0 saturated carbocycles. The van der Waals surface area contributed by atoms with Gasteiger partial charge in [0.05, 0.1) is 0 Å². The third-order valence-corrected chi connectivity index (χ3v) is 11.5. The van der Waals surface area contributed by atoms with Crippen LogP contribution >= 0.6 is 0 Å². The van der Waals surface area contributed by atoms with Crippen LogP contribution in [0.2, 0.25) is 16.6 Å². The Bertz CT molecular complexity index is 604. The molecule has 0 heterocycles. The Balaban J connectivity index is 3.40. The summed E-state index contributed by atoms with van der Waals surface area (Å²) in [6.45, 7) is 15.4. The molecule has 132 valence electrons. The van der Waals surface area contributed by atoms with Crippen LogP contribution in [0.15, 0.2) is 24.3 Å². The molecule has 24 heavy (non-hydrogen) atoms. The van der Waals surface area contributed by atoms with Gasteiger partial charge in [-0.05, 0) is 34.7 Å². The second-order valence-corrected chi connectivity index (χ2v) is 13.2. The third-order valence-electron chi connectivity index (χ3n) is 5.22. The predicted molar refractivity (Wildman–Crippen MR) is 105 cm³/mol. The Labute approximate surface area is 148 Å². The highest BCUT2D eigenvalue weighted by atomic mass is 28.3. The van der Waals surface area contributed by atoms with Crippen molar-refractivity contribution in [3.8, 4) is 11.5 Å². The summed E-state index contributed by atoms with van der Waals surface area (Å²) >= 11 is 0. The highest BCUT2D eigenvalue weighted by Crippen LogP contribution is 2.41. The van der Waals surface area contributed by atoms with Crippen LogP contribution in [0.25, 0.3) is 0 Å². The molecule has 0 amide bonds. The lowest BCUT2D eigenvalue weighted by Crippen LogP contribution is -2.43. The van der Waals surface area contributed by atoms with Crippen LogP contribution in [0, 0.1) is 28.5 Å². The van der Waals surface area contributed by atoms with E-state index in [-0.39, 0.29) is 17.4 Å². The van der Waals surface area contributed by atoms with Gasteiger partial charge in [0.2, 0.25) is 6.54 Å². The summed E-state index contributed by atoms with van der Waals surface area (Å²) in [6.07, 6.45) is 0. The zero-order valence-corrected chi connectivity index (χ0v) is 17.1. The molecule has 1 atom stereocenters. The van der Waals surface area contributed by atoms with E-state index in [2.05, 4.69) is 53.0 Å². The van der Waals surface area contributed by atoms with E-state index in [1.54, 1.807) is 0 Å². The molecule has 3 nitrogen and oxygen atoms in total. The normalized spacial score (nSPS) is 13.1. The van der Waals surface area contributed by atoms with Crippen molar-refractivity contribution in [1.82, 2.24) is 0 Å². The Morgan fingerprint density at radius 1 is 1.04 bits per heavy atom. The summed E-state index contributed by atoms with van der Waals surface area (Å²) in [4.78, 5) is 10.9. The van der Waals surface area contributed by atoms with Crippen molar-refractivity contribution in [2.45, 2.75) is 71.0 Å². The predicted octanol–water partition coefficient (Wildman–Crippen LogP) is 5.58. The fourth-order valence-corrected chi connectivity index (χ4v) is 9.28. The van der Waals surface area contributed by atoms with Gasteiger partial charge in [0.25, 0.3) is 0 Å². The van der Waals surface area contributed by atoms with E-state index in [0.717, 1.165) is 11.1 Å². The van der Waals surface area contributed by atoms with Gasteiger partial charge in [-0.25, -0.2) is 0 Å². The molecule has 0 aromatic heterocycles. The van der Waals surface area contributed by atoms with Crippen LogP contribution < -0.4 is 0 Å². The standard InChI is InChI=1S/C20H31NO2Si/c1-15(2)24(16(3)4,17(5)6)13-12-19(14-21(22)23)20-11-9-8-10-18(20)7/h8-11,15-17,19H,14H2,1-7H3/t19-/m1/s1. The maximum absolute atomic E-state index is 11.2. The molecule has 0 saturated heterocycles. The lowest BCUT2D eigenvalue weighted by molar-refractivity contribution is -0.481. The Hall–Kier alpha value is -1.60. The van der Waals surface area contributed by atoms with Gasteiger partial charge < -0.3 is 0 Å². The fourth-order valence-electron chi connectivity index (χ4n) is 3.99. The van der Waals surface area contributed by atoms with Gasteiger partial charge in [-0.15, -0.1) is 5.54 Å². The minimum atomic E-state index is -1.88. The molecular weight excluding hydrogens is 314 g/mol. The topological polar surface area (TPSA) is 43.1 Å². The van der Waals surface area contributed by atoms with Gasteiger partial charge in [-0.3, -0.25) is 10.1 Å². The van der Waals surface area contributed by atoms with Gasteiger partial charge in [0.1, 0.15) is 14.0 Å². The second-order valence-electron chi connectivity index (χ2n) is 7.59. The lowest BCUT2D eigenvalue weighted by atomic mass is 9.96. The van der Waals surface area contributed by atoms with Gasteiger partial charge in [0, 0.05) is 4.92 Å². The highest BCUT2D eigenvalue weighted by Gasteiger charge is 2.41. The van der Waals surface area contributed by atoms with E-state index in [1.807, 2.05) is 31.2 Å². The molecule has 0 radical (unpaired) electrons. The summed E-state index contributed by atoms with van der Waals surface area (Å²) < 4.78 is 0.